The van der Waals surface area contributed by atoms with Crippen LogP contribution in [0.5, 0.6) is 0 Å². The second kappa shape index (κ2) is 4.03. The van der Waals surface area contributed by atoms with Crippen molar-refractivity contribution in [2.75, 3.05) is 10.8 Å². The normalized spacial score (nSPS) is 15.1. The van der Waals surface area contributed by atoms with Crippen molar-refractivity contribution in [2.45, 2.75) is 0 Å². The molecule has 0 aromatic carbocycles. The second-order valence-corrected chi connectivity index (χ2v) is 4.30. The molecular weight excluding hydrogens is 262 g/mol. The van der Waals surface area contributed by atoms with Crippen molar-refractivity contribution < 1.29 is 0 Å². The Bertz CT molecular complexity index is 424. The first-order chi connectivity index (χ1) is 6.81. The van der Waals surface area contributed by atoms with Crippen molar-refractivity contribution in [3.63, 3.8) is 0 Å². The Balaban J connectivity index is 2.33. The van der Waals surface area contributed by atoms with Gasteiger partial charge in [-0.2, -0.15) is 5.26 Å². The van der Waals surface area contributed by atoms with E-state index in [1.165, 1.54) is 0 Å². The van der Waals surface area contributed by atoms with Gasteiger partial charge in [0, 0.05) is 5.41 Å². The van der Waals surface area contributed by atoms with Crippen molar-refractivity contribution in [2.24, 2.45) is 0 Å². The van der Waals surface area contributed by atoms with Crippen LogP contribution in [0.25, 0.3) is 0 Å². The minimum atomic E-state index is 0.444. The summed E-state index contributed by atoms with van der Waals surface area (Å²) in [4.78, 5) is 6.21. The Morgan fingerprint density at radius 3 is 3.07 bits per heavy atom. The second-order valence-electron chi connectivity index (χ2n) is 2.66. The number of aromatic nitrogens is 1. The van der Waals surface area contributed by atoms with Crippen LogP contribution in [-0.2, 0) is 0 Å². The molecule has 0 spiro atoms. The Morgan fingerprint density at radius 1 is 1.57 bits per heavy atom. The molecule has 3 nitrogen and oxygen atoms in total. The van der Waals surface area contributed by atoms with Gasteiger partial charge in [0.05, 0.1) is 10.5 Å². The maximum absolute atomic E-state index is 8.71. The van der Waals surface area contributed by atoms with Crippen molar-refractivity contribution in [1.29, 1.82) is 5.26 Å². The summed E-state index contributed by atoms with van der Waals surface area (Å²) in [6, 6.07) is 7.45. The van der Waals surface area contributed by atoms with Crippen molar-refractivity contribution in [3.8, 4) is 6.07 Å². The molecule has 0 fully saturated rings. The fourth-order valence-electron chi connectivity index (χ4n) is 1.12. The highest BCUT2D eigenvalue weighted by molar-refractivity contribution is 9.12. The number of halogens is 1. The third kappa shape index (κ3) is 1.76. The molecule has 0 unspecified atom stereocenters. The third-order valence-electron chi connectivity index (χ3n) is 1.77. The van der Waals surface area contributed by atoms with Crippen LogP contribution in [0, 0.1) is 11.3 Å². The first-order valence-corrected chi connectivity index (χ1v) is 5.77. The first-order valence-electron chi connectivity index (χ1n) is 3.93. The Morgan fingerprint density at radius 2 is 2.43 bits per heavy atom. The lowest BCUT2D eigenvalue weighted by Gasteiger charge is -2.16. The van der Waals surface area contributed by atoms with Crippen LogP contribution in [0.15, 0.2) is 28.2 Å². The highest BCUT2D eigenvalue weighted by Crippen LogP contribution is 2.31. The molecule has 0 atom stereocenters. The zero-order valence-electron chi connectivity index (χ0n) is 7.14. The average molecular weight is 268 g/mol. The average Bonchev–Trinajstić information content (AvgIpc) is 2.65. The maximum atomic E-state index is 8.71. The fourth-order valence-corrected chi connectivity index (χ4v) is 2.75. The Labute approximate surface area is 94.6 Å². The van der Waals surface area contributed by atoms with Gasteiger partial charge in [0.1, 0.15) is 17.6 Å². The third-order valence-corrected chi connectivity index (χ3v) is 3.52. The number of nitrogens with zero attached hydrogens (tertiary/aromatic N) is 3. The number of hydrogen-bond acceptors (Lipinski definition) is 4. The van der Waals surface area contributed by atoms with Gasteiger partial charge in [-0.05, 0) is 28.1 Å². The lowest BCUT2D eigenvalue weighted by atomic mass is 10.3. The van der Waals surface area contributed by atoms with E-state index in [9.17, 15) is 0 Å². The van der Waals surface area contributed by atoms with Crippen molar-refractivity contribution in [3.05, 3.63) is 33.9 Å². The van der Waals surface area contributed by atoms with Crippen LogP contribution in [0.3, 0.4) is 0 Å². The van der Waals surface area contributed by atoms with E-state index in [1.54, 1.807) is 17.8 Å². The molecule has 1 aromatic rings. The van der Waals surface area contributed by atoms with Crippen LogP contribution >= 0.6 is 27.7 Å². The SMILES string of the molecule is N#Cc1cccc(N2CSC=C2Br)n1. The number of pyridine rings is 1. The number of thioether (sulfide) groups is 1. The van der Waals surface area contributed by atoms with Crippen LogP contribution in [0.4, 0.5) is 5.82 Å². The van der Waals surface area contributed by atoms with Crippen LogP contribution in [-0.4, -0.2) is 10.9 Å². The molecule has 0 aliphatic carbocycles. The molecule has 0 saturated heterocycles. The van der Waals surface area contributed by atoms with Gasteiger partial charge >= 0.3 is 0 Å². The zero-order valence-corrected chi connectivity index (χ0v) is 9.55. The molecule has 2 heterocycles. The molecular formula is C9H6BrN3S. The maximum Gasteiger partial charge on any atom is 0.142 e. The highest BCUT2D eigenvalue weighted by atomic mass is 79.9. The van der Waals surface area contributed by atoms with Gasteiger partial charge in [0.15, 0.2) is 0 Å². The predicted octanol–water partition coefficient (Wildman–Crippen LogP) is 2.66. The van der Waals surface area contributed by atoms with E-state index >= 15 is 0 Å². The fraction of sp³-hybridized carbons (Fsp3) is 0.111. The Hall–Kier alpha value is -0.990. The molecule has 5 heteroatoms. The molecule has 1 aliphatic rings. The monoisotopic (exact) mass is 267 g/mol. The lowest BCUT2D eigenvalue weighted by Crippen LogP contribution is -2.15. The summed E-state index contributed by atoms with van der Waals surface area (Å²) in [6.45, 7) is 0. The molecule has 0 bridgehead atoms. The van der Waals surface area contributed by atoms with E-state index in [2.05, 4.69) is 20.9 Å². The summed E-state index contributed by atoms with van der Waals surface area (Å²) in [5, 5.41) is 10.7. The molecule has 0 N–H and O–H groups in total. The quantitative estimate of drug-likeness (QED) is 0.734. The van der Waals surface area contributed by atoms with E-state index < -0.39 is 0 Å². The molecule has 0 saturated carbocycles. The number of hydrogen-bond donors (Lipinski definition) is 0. The van der Waals surface area contributed by atoms with Gasteiger partial charge < -0.3 is 4.90 Å². The minimum Gasteiger partial charge on any atom is -0.310 e. The standard InChI is InChI=1S/C9H6BrN3S/c10-8-5-14-6-13(8)9-3-1-2-7(4-11)12-9/h1-3,5H,6H2. The van der Waals surface area contributed by atoms with Crippen LogP contribution in [0.1, 0.15) is 5.69 Å². The topological polar surface area (TPSA) is 39.9 Å². The summed E-state index contributed by atoms with van der Waals surface area (Å²) in [5.41, 5.74) is 0.444. The van der Waals surface area contributed by atoms with Crippen molar-refractivity contribution >= 4 is 33.5 Å². The first kappa shape index (κ1) is 9.56. The minimum absolute atomic E-state index is 0.444. The van der Waals surface area contributed by atoms with Gasteiger partial charge in [0.2, 0.25) is 0 Å². The summed E-state index contributed by atoms with van der Waals surface area (Å²) in [5.74, 6) is 1.64. The van der Waals surface area contributed by atoms with Gasteiger partial charge in [-0.3, -0.25) is 0 Å². The van der Waals surface area contributed by atoms with Crippen molar-refractivity contribution in [1.82, 2.24) is 4.98 Å². The van der Waals surface area contributed by atoms with Crippen LogP contribution in [0.2, 0.25) is 0 Å². The largest absolute Gasteiger partial charge is 0.310 e. The molecule has 0 radical (unpaired) electrons. The summed E-state index contributed by atoms with van der Waals surface area (Å²) < 4.78 is 0.991. The number of nitriles is 1. The van der Waals surface area contributed by atoms with Gasteiger partial charge in [-0.25, -0.2) is 4.98 Å². The number of rotatable bonds is 1. The molecule has 14 heavy (non-hydrogen) atoms. The van der Waals surface area contributed by atoms with Gasteiger partial charge in [0.25, 0.3) is 0 Å². The Kier molecular flexibility index (Phi) is 2.75. The van der Waals surface area contributed by atoms with E-state index in [4.69, 9.17) is 5.26 Å². The van der Waals surface area contributed by atoms with E-state index in [0.717, 1.165) is 16.3 Å². The molecule has 1 aliphatic heterocycles. The summed E-state index contributed by atoms with van der Waals surface area (Å²) in [6.07, 6.45) is 0. The number of anilines is 1. The van der Waals surface area contributed by atoms with Crippen LogP contribution < -0.4 is 4.90 Å². The summed E-state index contributed by atoms with van der Waals surface area (Å²) in [7, 11) is 0. The van der Waals surface area contributed by atoms with Gasteiger partial charge in [-0.15, -0.1) is 11.8 Å². The van der Waals surface area contributed by atoms with E-state index in [-0.39, 0.29) is 0 Å². The highest BCUT2D eigenvalue weighted by Gasteiger charge is 2.16. The molecule has 1 aromatic heterocycles. The predicted molar refractivity (Wildman–Crippen MR) is 60.9 cm³/mol. The summed E-state index contributed by atoms with van der Waals surface area (Å²) >= 11 is 5.12. The van der Waals surface area contributed by atoms with Gasteiger partial charge in [-0.1, -0.05) is 6.07 Å². The zero-order chi connectivity index (χ0) is 9.97. The van der Waals surface area contributed by atoms with E-state index in [0.29, 0.717) is 5.69 Å². The molecule has 70 valence electrons. The molecule has 0 amide bonds. The molecule has 2 rings (SSSR count). The van der Waals surface area contributed by atoms with E-state index in [1.807, 2.05) is 28.5 Å². The smallest absolute Gasteiger partial charge is 0.142 e. The lowest BCUT2D eigenvalue weighted by molar-refractivity contribution is 1.09.